The molecule has 2 aromatic rings. The van der Waals surface area contributed by atoms with Crippen molar-refractivity contribution in [3.63, 3.8) is 0 Å². The Morgan fingerprint density at radius 2 is 1.97 bits per heavy atom. The number of rotatable bonds is 8. The van der Waals surface area contributed by atoms with Crippen LogP contribution in [0.1, 0.15) is 41.7 Å². The number of carbonyl (C=O) groups excluding carboxylic acids is 2. The number of ether oxygens (including phenoxy) is 2. The van der Waals surface area contributed by atoms with E-state index in [2.05, 4.69) is 15.5 Å². The van der Waals surface area contributed by atoms with Crippen LogP contribution >= 0.6 is 0 Å². The minimum Gasteiger partial charge on any atom is -0.497 e. The topological polar surface area (TPSA) is 79.9 Å². The first-order chi connectivity index (χ1) is 14.5. The van der Waals surface area contributed by atoms with Crippen molar-refractivity contribution in [1.29, 1.82) is 0 Å². The fraction of sp³-hybridized carbons (Fsp3) is 0.391. The molecule has 0 aliphatic carbocycles. The van der Waals surface area contributed by atoms with Gasteiger partial charge in [-0.2, -0.15) is 0 Å². The summed E-state index contributed by atoms with van der Waals surface area (Å²) < 4.78 is 10.8. The van der Waals surface area contributed by atoms with Gasteiger partial charge in [0, 0.05) is 35.5 Å². The van der Waals surface area contributed by atoms with Crippen LogP contribution in [0.25, 0.3) is 0 Å². The van der Waals surface area contributed by atoms with E-state index in [-0.39, 0.29) is 24.4 Å². The highest BCUT2D eigenvalue weighted by Crippen LogP contribution is 2.38. The molecule has 0 saturated carbocycles. The minimum atomic E-state index is -0.153. The zero-order valence-corrected chi connectivity index (χ0v) is 17.7. The first kappa shape index (κ1) is 21.6. The van der Waals surface area contributed by atoms with Crippen LogP contribution < -0.4 is 20.1 Å². The molecule has 0 radical (unpaired) electrons. The van der Waals surface area contributed by atoms with Crippen LogP contribution in [0.3, 0.4) is 0 Å². The molecule has 1 aliphatic rings. The van der Waals surface area contributed by atoms with Crippen LogP contribution in [0.5, 0.6) is 11.5 Å². The van der Waals surface area contributed by atoms with Crippen molar-refractivity contribution in [1.82, 2.24) is 10.2 Å². The molecule has 160 valence electrons. The van der Waals surface area contributed by atoms with E-state index >= 15 is 0 Å². The number of hydrogen-bond donors (Lipinski definition) is 2. The molecule has 1 fully saturated rings. The maximum atomic E-state index is 12.7. The number of anilines is 1. The van der Waals surface area contributed by atoms with E-state index in [9.17, 15) is 9.59 Å². The Morgan fingerprint density at radius 3 is 2.70 bits per heavy atom. The Morgan fingerprint density at radius 1 is 1.13 bits per heavy atom. The first-order valence-corrected chi connectivity index (χ1v) is 10.2. The summed E-state index contributed by atoms with van der Waals surface area (Å²) in [5, 5.41) is 5.68. The predicted octanol–water partition coefficient (Wildman–Crippen LogP) is 3.23. The van der Waals surface area contributed by atoms with Gasteiger partial charge >= 0.3 is 0 Å². The van der Waals surface area contributed by atoms with Crippen LogP contribution in [0.4, 0.5) is 5.69 Å². The largest absolute Gasteiger partial charge is 0.497 e. The van der Waals surface area contributed by atoms with E-state index < -0.39 is 0 Å². The lowest BCUT2D eigenvalue weighted by Crippen LogP contribution is -2.33. The highest BCUT2D eigenvalue weighted by Gasteiger charge is 2.30. The Kier molecular flexibility index (Phi) is 7.30. The molecule has 2 aromatic carbocycles. The van der Waals surface area contributed by atoms with Gasteiger partial charge in [-0.15, -0.1) is 0 Å². The van der Waals surface area contributed by atoms with Gasteiger partial charge in [0.25, 0.3) is 5.91 Å². The van der Waals surface area contributed by atoms with E-state index in [1.165, 1.54) is 0 Å². The molecule has 1 saturated heterocycles. The van der Waals surface area contributed by atoms with Gasteiger partial charge in [-0.25, -0.2) is 0 Å². The summed E-state index contributed by atoms with van der Waals surface area (Å²) in [6.45, 7) is 3.53. The predicted molar refractivity (Wildman–Crippen MR) is 116 cm³/mol. The molecule has 30 heavy (non-hydrogen) atoms. The molecule has 2 amide bonds. The molecule has 1 aliphatic heterocycles. The Hall–Kier alpha value is -3.06. The van der Waals surface area contributed by atoms with Gasteiger partial charge in [0.1, 0.15) is 11.5 Å². The summed E-state index contributed by atoms with van der Waals surface area (Å²) in [6, 6.07) is 12.9. The third-order valence-corrected chi connectivity index (χ3v) is 5.26. The molecule has 0 aromatic heterocycles. The number of methoxy groups -OCH3 is 2. The normalized spacial score (nSPS) is 16.2. The van der Waals surface area contributed by atoms with Crippen molar-refractivity contribution in [2.75, 3.05) is 39.2 Å². The molecule has 0 bridgehead atoms. The van der Waals surface area contributed by atoms with Crippen molar-refractivity contribution in [3.8, 4) is 11.5 Å². The van der Waals surface area contributed by atoms with E-state index in [0.717, 1.165) is 36.4 Å². The number of nitrogens with one attached hydrogen (secondary N) is 2. The first-order valence-electron chi connectivity index (χ1n) is 10.2. The van der Waals surface area contributed by atoms with Crippen LogP contribution in [0.15, 0.2) is 42.5 Å². The minimum absolute atomic E-state index is 0.109. The second-order valence-electron chi connectivity index (χ2n) is 7.22. The number of nitrogens with zero attached hydrogens (tertiary/aromatic N) is 1. The third-order valence-electron chi connectivity index (χ3n) is 5.26. The Bertz CT molecular complexity index is 900. The van der Waals surface area contributed by atoms with E-state index in [0.29, 0.717) is 17.8 Å². The van der Waals surface area contributed by atoms with Gasteiger partial charge in [0.15, 0.2) is 0 Å². The lowest BCUT2D eigenvalue weighted by atomic mass is 10.0. The van der Waals surface area contributed by atoms with Gasteiger partial charge in [0.05, 0.1) is 20.8 Å². The Labute approximate surface area is 177 Å². The van der Waals surface area contributed by atoms with Gasteiger partial charge in [0.2, 0.25) is 5.91 Å². The van der Waals surface area contributed by atoms with Crippen LogP contribution in [0, 0.1) is 0 Å². The van der Waals surface area contributed by atoms with Crippen LogP contribution in [0.2, 0.25) is 0 Å². The van der Waals surface area contributed by atoms with E-state index in [1.54, 1.807) is 38.5 Å². The molecule has 7 heteroatoms. The summed E-state index contributed by atoms with van der Waals surface area (Å²) in [4.78, 5) is 26.9. The third kappa shape index (κ3) is 5.10. The molecule has 0 spiro atoms. The zero-order chi connectivity index (χ0) is 21.5. The lowest BCUT2D eigenvalue weighted by molar-refractivity contribution is -0.117. The smallest absolute Gasteiger partial charge is 0.251 e. The molecule has 7 nitrogen and oxygen atoms in total. The average Bonchev–Trinajstić information content (AvgIpc) is 3.21. The molecule has 3 rings (SSSR count). The van der Waals surface area contributed by atoms with Crippen LogP contribution in [-0.4, -0.2) is 50.6 Å². The summed E-state index contributed by atoms with van der Waals surface area (Å²) in [7, 11) is 3.27. The van der Waals surface area contributed by atoms with Gasteiger partial charge < -0.3 is 20.1 Å². The maximum absolute atomic E-state index is 12.7. The highest BCUT2D eigenvalue weighted by atomic mass is 16.5. The van der Waals surface area contributed by atoms with Crippen LogP contribution in [-0.2, 0) is 4.79 Å². The van der Waals surface area contributed by atoms with Crippen molar-refractivity contribution < 1.29 is 19.1 Å². The van der Waals surface area contributed by atoms with Crippen molar-refractivity contribution in [3.05, 3.63) is 53.6 Å². The monoisotopic (exact) mass is 411 g/mol. The molecular weight excluding hydrogens is 382 g/mol. The number of carbonyl (C=O) groups is 2. The fourth-order valence-corrected chi connectivity index (χ4v) is 3.85. The van der Waals surface area contributed by atoms with Crippen molar-refractivity contribution in [2.24, 2.45) is 0 Å². The van der Waals surface area contributed by atoms with Crippen molar-refractivity contribution in [2.45, 2.75) is 25.8 Å². The average molecular weight is 412 g/mol. The number of benzene rings is 2. The standard InChI is InChI=1S/C23H29N3O4/c1-4-24-23(28)16-7-5-8-17(13-16)25-22(27)15-26-12-6-9-20(26)19-11-10-18(29-2)14-21(19)30-3/h5,7-8,10-11,13-14,20H,4,6,9,12,15H2,1-3H3,(H,24,28)(H,25,27)/t20-/m0/s1. The van der Waals surface area contributed by atoms with E-state index in [4.69, 9.17) is 9.47 Å². The van der Waals surface area contributed by atoms with E-state index in [1.807, 2.05) is 25.1 Å². The number of hydrogen-bond acceptors (Lipinski definition) is 5. The Balaban J connectivity index is 1.68. The van der Waals surface area contributed by atoms with Gasteiger partial charge in [-0.3, -0.25) is 14.5 Å². The maximum Gasteiger partial charge on any atom is 0.251 e. The highest BCUT2D eigenvalue weighted by molar-refractivity contribution is 5.97. The summed E-state index contributed by atoms with van der Waals surface area (Å²) >= 11 is 0. The second-order valence-corrected chi connectivity index (χ2v) is 7.22. The molecule has 0 unspecified atom stereocenters. The van der Waals surface area contributed by atoms with Crippen molar-refractivity contribution >= 4 is 17.5 Å². The lowest BCUT2D eigenvalue weighted by Gasteiger charge is -2.26. The van der Waals surface area contributed by atoms with Gasteiger partial charge in [-0.05, 0) is 50.6 Å². The summed E-state index contributed by atoms with van der Waals surface area (Å²) in [5.41, 5.74) is 2.19. The number of likely N-dealkylation sites (tertiary alicyclic amines) is 1. The summed E-state index contributed by atoms with van der Waals surface area (Å²) in [5.74, 6) is 1.24. The summed E-state index contributed by atoms with van der Waals surface area (Å²) in [6.07, 6.45) is 1.97. The molecular formula is C23H29N3O4. The second kappa shape index (κ2) is 10.1. The number of amides is 2. The zero-order valence-electron chi connectivity index (χ0n) is 17.7. The molecule has 1 heterocycles. The quantitative estimate of drug-likeness (QED) is 0.697. The fourth-order valence-electron chi connectivity index (χ4n) is 3.85. The molecule has 2 N–H and O–H groups in total. The molecule has 1 atom stereocenters. The SMILES string of the molecule is CCNC(=O)c1cccc(NC(=O)CN2CCC[C@H]2c2ccc(OC)cc2OC)c1. The van der Waals surface area contributed by atoms with Gasteiger partial charge in [-0.1, -0.05) is 12.1 Å².